The lowest BCUT2D eigenvalue weighted by Gasteiger charge is -2.31. The van der Waals surface area contributed by atoms with Crippen molar-refractivity contribution in [3.8, 4) is 0 Å². The maximum Gasteiger partial charge on any atom is 0.337 e. The molecule has 0 amide bonds. The molecule has 0 spiro atoms. The first kappa shape index (κ1) is 7.49. The van der Waals surface area contributed by atoms with Crippen molar-refractivity contribution in [3.05, 3.63) is 0 Å². The Hall–Kier alpha value is -0.620. The summed E-state index contributed by atoms with van der Waals surface area (Å²) in [6.45, 7) is 0. The first-order chi connectivity index (χ1) is 4.36. The van der Waals surface area contributed by atoms with Gasteiger partial charge in [-0.3, -0.25) is 0 Å². The molecule has 6 heteroatoms. The maximum absolute atomic E-state index is 10.4. The Labute approximate surface area is 57.2 Å². The molecular formula is C4H6O5S. The van der Waals surface area contributed by atoms with Crippen molar-refractivity contribution in [3.63, 3.8) is 0 Å². The Balaban J connectivity index is 2.76. The van der Waals surface area contributed by atoms with E-state index in [9.17, 15) is 13.2 Å². The molecule has 0 bridgehead atoms. The fourth-order valence-corrected chi connectivity index (χ4v) is 2.43. The molecular weight excluding hydrogens is 160 g/mol. The number of rotatable bonds is 1. The van der Waals surface area contributed by atoms with Crippen LogP contribution in [0.4, 0.5) is 0 Å². The molecule has 1 fully saturated rings. The van der Waals surface area contributed by atoms with E-state index in [1.807, 2.05) is 0 Å². The van der Waals surface area contributed by atoms with E-state index < -0.39 is 32.9 Å². The predicted molar refractivity (Wildman–Crippen MR) is 31.2 cm³/mol. The summed E-state index contributed by atoms with van der Waals surface area (Å²) < 4.78 is 20.8. The van der Waals surface area contributed by atoms with Crippen LogP contribution in [0.2, 0.25) is 0 Å². The van der Waals surface area contributed by atoms with E-state index in [-0.39, 0.29) is 0 Å². The normalized spacial score (nSPS) is 26.9. The second kappa shape index (κ2) is 1.70. The summed E-state index contributed by atoms with van der Waals surface area (Å²) in [6.07, 6.45) is 0. The maximum atomic E-state index is 10.4. The SMILES string of the molecule is O=C(O)C1(O)CS(=O)(=O)C1. The van der Waals surface area contributed by atoms with Crippen molar-refractivity contribution in [1.82, 2.24) is 0 Å². The minimum Gasteiger partial charge on any atom is -0.479 e. The second-order valence-corrected chi connectivity index (χ2v) is 4.43. The van der Waals surface area contributed by atoms with E-state index in [0.29, 0.717) is 0 Å². The van der Waals surface area contributed by atoms with Gasteiger partial charge in [0.05, 0.1) is 11.5 Å². The fraction of sp³-hybridized carbons (Fsp3) is 0.750. The first-order valence-corrected chi connectivity index (χ1v) is 4.34. The number of hydrogen-bond acceptors (Lipinski definition) is 4. The molecule has 2 N–H and O–H groups in total. The monoisotopic (exact) mass is 166 g/mol. The van der Waals surface area contributed by atoms with Crippen LogP contribution in [0.5, 0.6) is 0 Å². The standard InChI is InChI=1S/C4H6O5S/c5-3(6)4(7)1-10(8,9)2-4/h7H,1-2H2,(H,5,6). The smallest absolute Gasteiger partial charge is 0.337 e. The number of aliphatic carboxylic acids is 1. The molecule has 0 aromatic heterocycles. The molecule has 5 nitrogen and oxygen atoms in total. The van der Waals surface area contributed by atoms with E-state index in [4.69, 9.17) is 10.2 Å². The third-order valence-electron chi connectivity index (χ3n) is 1.32. The van der Waals surface area contributed by atoms with Crippen molar-refractivity contribution in [2.45, 2.75) is 5.60 Å². The van der Waals surface area contributed by atoms with Crippen molar-refractivity contribution >= 4 is 15.8 Å². The number of carboxylic acid groups (broad SMARTS) is 1. The summed E-state index contributed by atoms with van der Waals surface area (Å²) in [5.74, 6) is -2.78. The summed E-state index contributed by atoms with van der Waals surface area (Å²) in [6, 6.07) is 0. The highest BCUT2D eigenvalue weighted by Crippen LogP contribution is 2.23. The molecule has 0 unspecified atom stereocenters. The number of sulfone groups is 1. The Morgan fingerprint density at radius 3 is 1.90 bits per heavy atom. The van der Waals surface area contributed by atoms with Gasteiger partial charge < -0.3 is 10.2 Å². The molecule has 0 radical (unpaired) electrons. The molecule has 0 aliphatic carbocycles. The van der Waals surface area contributed by atoms with Gasteiger partial charge in [-0.05, 0) is 0 Å². The largest absolute Gasteiger partial charge is 0.479 e. The average molecular weight is 166 g/mol. The van der Waals surface area contributed by atoms with E-state index in [0.717, 1.165) is 0 Å². The van der Waals surface area contributed by atoms with Gasteiger partial charge in [0.25, 0.3) is 0 Å². The Bertz CT molecular complexity index is 251. The highest BCUT2D eigenvalue weighted by Gasteiger charge is 2.53. The zero-order chi connectivity index (χ0) is 7.99. The van der Waals surface area contributed by atoms with Gasteiger partial charge in [-0.2, -0.15) is 0 Å². The summed E-state index contributed by atoms with van der Waals surface area (Å²) in [5, 5.41) is 17.1. The lowest BCUT2D eigenvalue weighted by molar-refractivity contribution is -0.155. The van der Waals surface area contributed by atoms with Crippen LogP contribution in [0, 0.1) is 0 Å². The first-order valence-electron chi connectivity index (χ1n) is 2.52. The van der Waals surface area contributed by atoms with Gasteiger partial charge in [0, 0.05) is 0 Å². The average Bonchev–Trinajstić information content (AvgIpc) is 1.59. The summed E-state index contributed by atoms with van der Waals surface area (Å²) in [4.78, 5) is 10.1. The van der Waals surface area contributed by atoms with Gasteiger partial charge in [0.1, 0.15) is 0 Å². The number of aliphatic hydroxyl groups is 1. The highest BCUT2D eigenvalue weighted by molar-refractivity contribution is 7.93. The third-order valence-corrected chi connectivity index (χ3v) is 3.15. The minimum absolute atomic E-state index is 0.657. The van der Waals surface area contributed by atoms with Crippen LogP contribution in [-0.2, 0) is 14.6 Å². The highest BCUT2D eigenvalue weighted by atomic mass is 32.2. The molecule has 1 saturated heterocycles. The third kappa shape index (κ3) is 0.994. The second-order valence-electron chi connectivity index (χ2n) is 2.37. The molecule has 0 saturated carbocycles. The van der Waals surface area contributed by atoms with Gasteiger partial charge in [-0.25, -0.2) is 13.2 Å². The minimum atomic E-state index is -3.26. The molecule has 0 aromatic carbocycles. The van der Waals surface area contributed by atoms with Crippen LogP contribution in [0.25, 0.3) is 0 Å². The van der Waals surface area contributed by atoms with E-state index in [1.54, 1.807) is 0 Å². The van der Waals surface area contributed by atoms with Crippen molar-refractivity contribution in [1.29, 1.82) is 0 Å². The van der Waals surface area contributed by atoms with Gasteiger partial charge >= 0.3 is 5.97 Å². The molecule has 0 aromatic rings. The number of carbonyl (C=O) groups is 1. The number of carboxylic acids is 1. The molecule has 10 heavy (non-hydrogen) atoms. The van der Waals surface area contributed by atoms with Crippen LogP contribution in [0.15, 0.2) is 0 Å². The number of hydrogen-bond donors (Lipinski definition) is 2. The van der Waals surface area contributed by atoms with Gasteiger partial charge in [0.15, 0.2) is 15.4 Å². The van der Waals surface area contributed by atoms with Crippen LogP contribution < -0.4 is 0 Å². The van der Waals surface area contributed by atoms with Gasteiger partial charge in [-0.1, -0.05) is 0 Å². The van der Waals surface area contributed by atoms with E-state index in [2.05, 4.69) is 0 Å². The van der Waals surface area contributed by atoms with Crippen molar-refractivity contribution in [2.75, 3.05) is 11.5 Å². The van der Waals surface area contributed by atoms with Crippen LogP contribution in [0.3, 0.4) is 0 Å². The summed E-state index contributed by atoms with van der Waals surface area (Å²) in [7, 11) is -3.26. The van der Waals surface area contributed by atoms with E-state index in [1.165, 1.54) is 0 Å². The van der Waals surface area contributed by atoms with E-state index >= 15 is 0 Å². The van der Waals surface area contributed by atoms with Crippen LogP contribution >= 0.6 is 0 Å². The van der Waals surface area contributed by atoms with Crippen molar-refractivity contribution in [2.24, 2.45) is 0 Å². The summed E-state index contributed by atoms with van der Waals surface area (Å²) in [5.41, 5.74) is -2.02. The zero-order valence-corrected chi connectivity index (χ0v) is 5.76. The molecule has 1 rings (SSSR count). The Morgan fingerprint density at radius 2 is 1.80 bits per heavy atom. The summed E-state index contributed by atoms with van der Waals surface area (Å²) >= 11 is 0. The van der Waals surface area contributed by atoms with Gasteiger partial charge in [-0.15, -0.1) is 0 Å². The van der Waals surface area contributed by atoms with Crippen LogP contribution in [0.1, 0.15) is 0 Å². The van der Waals surface area contributed by atoms with Crippen LogP contribution in [-0.4, -0.2) is 41.7 Å². The topological polar surface area (TPSA) is 91.7 Å². The zero-order valence-electron chi connectivity index (χ0n) is 4.94. The lowest BCUT2D eigenvalue weighted by Crippen LogP contribution is -2.60. The predicted octanol–water partition coefficient (Wildman–Crippen LogP) is -1.77. The Morgan fingerprint density at radius 1 is 1.40 bits per heavy atom. The van der Waals surface area contributed by atoms with Gasteiger partial charge in [0.2, 0.25) is 0 Å². The Kier molecular flexibility index (Phi) is 1.27. The molecule has 1 aliphatic heterocycles. The molecule has 58 valence electrons. The molecule has 1 aliphatic rings. The van der Waals surface area contributed by atoms with Crippen molar-refractivity contribution < 1.29 is 23.4 Å². The quantitative estimate of drug-likeness (QED) is 0.481. The molecule has 1 heterocycles. The molecule has 0 atom stereocenters. The lowest BCUT2D eigenvalue weighted by atomic mass is 10.1. The fourth-order valence-electron chi connectivity index (χ4n) is 0.809.